The minimum absolute atomic E-state index is 0.0209. The van der Waals surface area contributed by atoms with E-state index in [4.69, 9.17) is 11.6 Å². The van der Waals surface area contributed by atoms with E-state index in [1.807, 2.05) is 11.4 Å². The Kier molecular flexibility index (Phi) is 8.11. The van der Waals surface area contributed by atoms with Crippen molar-refractivity contribution in [2.45, 2.75) is 25.7 Å². The van der Waals surface area contributed by atoms with E-state index in [1.165, 1.54) is 28.3 Å². The van der Waals surface area contributed by atoms with Crippen LogP contribution in [0.4, 0.5) is 10.1 Å². The van der Waals surface area contributed by atoms with E-state index in [9.17, 15) is 14.0 Å². The lowest BCUT2D eigenvalue weighted by molar-refractivity contribution is -0.121. The SMILES string of the molecule is O=C(CCc1cccs1)NCCCc1cccc(N2CC3CN(C(=O)c4c(F)cccc4Cl)CC3C2)c1. The summed E-state index contributed by atoms with van der Waals surface area (Å²) in [4.78, 5) is 30.4. The van der Waals surface area contributed by atoms with Crippen LogP contribution in [0.25, 0.3) is 0 Å². The number of rotatable bonds is 9. The molecule has 1 N–H and O–H groups in total. The van der Waals surface area contributed by atoms with Crippen molar-refractivity contribution in [3.8, 4) is 0 Å². The maximum Gasteiger partial charge on any atom is 0.258 e. The summed E-state index contributed by atoms with van der Waals surface area (Å²) >= 11 is 7.81. The van der Waals surface area contributed by atoms with E-state index in [0.29, 0.717) is 37.9 Å². The Balaban J connectivity index is 1.08. The van der Waals surface area contributed by atoms with Gasteiger partial charge in [0.25, 0.3) is 5.91 Å². The van der Waals surface area contributed by atoms with E-state index < -0.39 is 5.82 Å². The normalized spacial score (nSPS) is 18.8. The van der Waals surface area contributed by atoms with Crippen molar-refractivity contribution in [3.63, 3.8) is 0 Å². The van der Waals surface area contributed by atoms with Crippen molar-refractivity contribution in [3.05, 3.63) is 86.8 Å². The lowest BCUT2D eigenvalue weighted by Crippen LogP contribution is -2.34. The summed E-state index contributed by atoms with van der Waals surface area (Å²) in [5, 5.41) is 5.24. The maximum atomic E-state index is 14.2. The second kappa shape index (κ2) is 11.7. The van der Waals surface area contributed by atoms with Crippen molar-refractivity contribution in [2.75, 3.05) is 37.6 Å². The van der Waals surface area contributed by atoms with Crippen LogP contribution in [0.3, 0.4) is 0 Å². The molecule has 2 aromatic carbocycles. The number of carbonyl (C=O) groups excluding carboxylic acids is 2. The molecule has 2 atom stereocenters. The summed E-state index contributed by atoms with van der Waals surface area (Å²) in [6.07, 6.45) is 3.14. The molecule has 3 aromatic rings. The molecule has 5 nitrogen and oxygen atoms in total. The highest BCUT2D eigenvalue weighted by Crippen LogP contribution is 2.35. The first-order valence-corrected chi connectivity index (χ1v) is 14.1. The Bertz CT molecular complexity index is 1220. The van der Waals surface area contributed by atoms with E-state index in [2.05, 4.69) is 40.5 Å². The number of carbonyl (C=O) groups is 2. The molecule has 37 heavy (non-hydrogen) atoms. The van der Waals surface area contributed by atoms with E-state index in [1.54, 1.807) is 22.3 Å². The van der Waals surface area contributed by atoms with Gasteiger partial charge in [-0.05, 0) is 60.5 Å². The largest absolute Gasteiger partial charge is 0.371 e. The Labute approximate surface area is 226 Å². The maximum absolute atomic E-state index is 14.2. The highest BCUT2D eigenvalue weighted by atomic mass is 35.5. The van der Waals surface area contributed by atoms with Gasteiger partial charge in [0.1, 0.15) is 5.82 Å². The van der Waals surface area contributed by atoms with Crippen LogP contribution >= 0.6 is 22.9 Å². The molecule has 0 spiro atoms. The van der Waals surface area contributed by atoms with Crippen LogP contribution in [-0.2, 0) is 17.6 Å². The molecule has 0 bridgehead atoms. The molecule has 2 saturated heterocycles. The lowest BCUT2D eigenvalue weighted by Gasteiger charge is -2.24. The number of nitrogens with one attached hydrogen (secondary N) is 1. The molecule has 3 heterocycles. The van der Waals surface area contributed by atoms with E-state index in [-0.39, 0.29) is 22.4 Å². The number of benzene rings is 2. The number of thiophene rings is 1. The summed E-state index contributed by atoms with van der Waals surface area (Å²) in [6.45, 7) is 3.68. The van der Waals surface area contributed by atoms with Crippen LogP contribution in [0.2, 0.25) is 5.02 Å². The second-order valence-electron chi connectivity index (χ2n) is 9.93. The van der Waals surface area contributed by atoms with Crippen LogP contribution in [0.15, 0.2) is 60.0 Å². The first-order valence-electron chi connectivity index (χ1n) is 12.8. The minimum atomic E-state index is -0.564. The molecule has 194 valence electrons. The fourth-order valence-electron chi connectivity index (χ4n) is 5.44. The average molecular weight is 540 g/mol. The molecule has 2 fully saturated rings. The van der Waals surface area contributed by atoms with Gasteiger partial charge in [0, 0.05) is 61.5 Å². The van der Waals surface area contributed by atoms with Gasteiger partial charge in [-0.25, -0.2) is 4.39 Å². The molecule has 0 saturated carbocycles. The molecule has 2 aliphatic rings. The third kappa shape index (κ3) is 6.16. The van der Waals surface area contributed by atoms with Gasteiger partial charge < -0.3 is 15.1 Å². The number of fused-ring (bicyclic) bond motifs is 1. The zero-order chi connectivity index (χ0) is 25.8. The number of hydrogen-bond acceptors (Lipinski definition) is 4. The average Bonchev–Trinajstić information content (AvgIpc) is 3.62. The Morgan fingerprint density at radius 3 is 2.51 bits per heavy atom. The van der Waals surface area contributed by atoms with Crippen molar-refractivity contribution in [1.29, 1.82) is 0 Å². The minimum Gasteiger partial charge on any atom is -0.371 e. The summed E-state index contributed by atoms with van der Waals surface area (Å²) < 4.78 is 14.2. The summed E-state index contributed by atoms with van der Waals surface area (Å²) in [7, 11) is 0. The molecule has 8 heteroatoms. The van der Waals surface area contributed by atoms with Gasteiger partial charge in [-0.3, -0.25) is 9.59 Å². The van der Waals surface area contributed by atoms with Crippen LogP contribution < -0.4 is 10.2 Å². The number of nitrogens with zero attached hydrogens (tertiary/aromatic N) is 2. The van der Waals surface area contributed by atoms with Gasteiger partial charge >= 0.3 is 0 Å². The number of amides is 2. The number of likely N-dealkylation sites (tertiary alicyclic amines) is 1. The molecular weight excluding hydrogens is 509 g/mol. The van der Waals surface area contributed by atoms with Crippen molar-refractivity contribution < 1.29 is 14.0 Å². The predicted octanol–water partition coefficient (Wildman–Crippen LogP) is 5.43. The molecule has 2 aliphatic heterocycles. The van der Waals surface area contributed by atoms with Crippen LogP contribution in [-0.4, -0.2) is 49.4 Å². The zero-order valence-electron chi connectivity index (χ0n) is 20.7. The van der Waals surface area contributed by atoms with E-state index in [0.717, 1.165) is 32.4 Å². The fraction of sp³-hybridized carbons (Fsp3) is 0.379. The van der Waals surface area contributed by atoms with Crippen molar-refractivity contribution in [1.82, 2.24) is 10.2 Å². The van der Waals surface area contributed by atoms with Crippen molar-refractivity contribution >= 4 is 40.4 Å². The summed E-state index contributed by atoms with van der Waals surface area (Å²) in [5.41, 5.74) is 2.43. The quantitative estimate of drug-likeness (QED) is 0.369. The third-order valence-electron chi connectivity index (χ3n) is 7.37. The van der Waals surface area contributed by atoms with Crippen LogP contribution in [0.1, 0.15) is 33.6 Å². The lowest BCUT2D eigenvalue weighted by atomic mass is 10.0. The first kappa shape index (κ1) is 25.7. The van der Waals surface area contributed by atoms with Gasteiger partial charge in [-0.1, -0.05) is 35.9 Å². The summed E-state index contributed by atoms with van der Waals surface area (Å²) in [5.74, 6) is -0.0451. The molecule has 2 unspecified atom stereocenters. The van der Waals surface area contributed by atoms with Crippen LogP contribution in [0, 0.1) is 17.7 Å². The Morgan fingerprint density at radius 2 is 1.78 bits per heavy atom. The second-order valence-corrected chi connectivity index (χ2v) is 11.4. The number of halogens is 2. The first-order chi connectivity index (χ1) is 18.0. The Morgan fingerprint density at radius 1 is 1.00 bits per heavy atom. The van der Waals surface area contributed by atoms with Gasteiger partial charge in [-0.2, -0.15) is 0 Å². The van der Waals surface area contributed by atoms with Gasteiger partial charge in [0.05, 0.1) is 10.6 Å². The van der Waals surface area contributed by atoms with Gasteiger partial charge in [0.15, 0.2) is 0 Å². The molecule has 2 amide bonds. The molecule has 1 aromatic heterocycles. The molecular formula is C29H31ClFN3O2S. The zero-order valence-corrected chi connectivity index (χ0v) is 22.2. The molecule has 0 radical (unpaired) electrons. The van der Waals surface area contributed by atoms with Crippen LogP contribution in [0.5, 0.6) is 0 Å². The third-order valence-corrected chi connectivity index (χ3v) is 8.62. The van der Waals surface area contributed by atoms with Crippen molar-refractivity contribution in [2.24, 2.45) is 11.8 Å². The van der Waals surface area contributed by atoms with E-state index >= 15 is 0 Å². The topological polar surface area (TPSA) is 52.7 Å². The number of anilines is 1. The standard InChI is InChI=1S/C29H31ClFN3O2S/c30-25-9-2-10-26(31)28(25)29(36)34-18-21-16-33(17-22(21)19-34)23-7-1-5-20(15-23)6-3-13-32-27(35)12-11-24-8-4-14-37-24/h1-2,4-5,7-10,14-15,21-22H,3,6,11-13,16-19H2,(H,32,35). The monoisotopic (exact) mass is 539 g/mol. The summed E-state index contributed by atoms with van der Waals surface area (Å²) in [6, 6.07) is 17.0. The number of aryl methyl sites for hydroxylation is 2. The Hall–Kier alpha value is -2.90. The fourth-order valence-corrected chi connectivity index (χ4v) is 6.39. The molecule has 0 aliphatic carbocycles. The highest BCUT2D eigenvalue weighted by molar-refractivity contribution is 7.09. The molecule has 5 rings (SSSR count). The number of hydrogen-bond donors (Lipinski definition) is 1. The predicted molar refractivity (Wildman–Crippen MR) is 147 cm³/mol. The highest BCUT2D eigenvalue weighted by Gasteiger charge is 2.42. The van der Waals surface area contributed by atoms with Gasteiger partial charge in [-0.15, -0.1) is 11.3 Å². The van der Waals surface area contributed by atoms with Gasteiger partial charge in [0.2, 0.25) is 5.91 Å². The smallest absolute Gasteiger partial charge is 0.258 e.